The van der Waals surface area contributed by atoms with Crippen molar-refractivity contribution < 1.29 is 9.53 Å². The molecular weight excluding hydrogens is 428 g/mol. The Bertz CT molecular complexity index is 1020. The van der Waals surface area contributed by atoms with E-state index in [0.717, 1.165) is 48.5 Å². The predicted octanol–water partition coefficient (Wildman–Crippen LogP) is 4.48. The van der Waals surface area contributed by atoms with Crippen molar-refractivity contribution in [2.45, 2.75) is 54.7 Å². The van der Waals surface area contributed by atoms with Gasteiger partial charge in [-0.1, -0.05) is 23.5 Å². The minimum atomic E-state index is 0.0611. The largest absolute Gasteiger partial charge is 0.484 e. The van der Waals surface area contributed by atoms with Gasteiger partial charge in [0, 0.05) is 29.1 Å². The maximum atomic E-state index is 12.4. The average molecular weight is 457 g/mol. The van der Waals surface area contributed by atoms with Crippen molar-refractivity contribution in [2.75, 3.05) is 19.7 Å². The fourth-order valence-electron chi connectivity index (χ4n) is 6.37. The fraction of sp³-hybridized carbons (Fsp3) is 0.583. The molecule has 4 unspecified atom stereocenters. The molecule has 2 aliphatic heterocycles. The highest BCUT2D eigenvalue weighted by Crippen LogP contribution is 2.63. The first-order valence-corrected chi connectivity index (χ1v) is 13.3. The Morgan fingerprint density at radius 1 is 1.10 bits per heavy atom. The standard InChI is InChI=1S/C24H28N2O3S2/c27-18(26-10-2-1-3-11-26)13-29-17-8-6-14(7-9-17)19-20-15-4-5-16(12-15)21(20)30-23-22(19)31-24(28)25-23/h6-9,15-16,19-21H,1-5,10-13H2,(H,25,28)/t15?,16?,19-,20?,21?/m1/s1. The molecule has 2 saturated carbocycles. The number of ether oxygens (including phenoxy) is 1. The summed E-state index contributed by atoms with van der Waals surface area (Å²) < 4.78 is 5.82. The number of aromatic nitrogens is 1. The quantitative estimate of drug-likeness (QED) is 0.737. The van der Waals surface area contributed by atoms with Crippen LogP contribution in [0.3, 0.4) is 0 Å². The lowest BCUT2D eigenvalue weighted by molar-refractivity contribution is -0.134. The van der Waals surface area contributed by atoms with Gasteiger partial charge in [0.05, 0.1) is 5.03 Å². The Kier molecular flexibility index (Phi) is 5.14. The van der Waals surface area contributed by atoms with Crippen LogP contribution in [0.15, 0.2) is 34.1 Å². The molecule has 2 bridgehead atoms. The molecule has 5 atom stereocenters. The van der Waals surface area contributed by atoms with Crippen molar-refractivity contribution in [3.8, 4) is 5.75 Å². The average Bonchev–Trinajstić information content (AvgIpc) is 3.51. The maximum absolute atomic E-state index is 12.4. The third-order valence-corrected chi connectivity index (χ3v) is 10.4. The van der Waals surface area contributed by atoms with E-state index in [4.69, 9.17) is 4.74 Å². The number of aromatic amines is 1. The SMILES string of the molecule is O=C(COc1ccc([C@H]2c3sc(=O)[nH]c3SC3C4CCC(C4)C32)cc1)N1CCCCC1. The predicted molar refractivity (Wildman–Crippen MR) is 123 cm³/mol. The second-order valence-corrected chi connectivity index (χ2v) is 11.7. The van der Waals surface area contributed by atoms with Gasteiger partial charge in [-0.3, -0.25) is 9.59 Å². The highest BCUT2D eigenvalue weighted by molar-refractivity contribution is 8.00. The van der Waals surface area contributed by atoms with Crippen LogP contribution in [0.4, 0.5) is 0 Å². The lowest BCUT2D eigenvalue weighted by Crippen LogP contribution is -2.38. The maximum Gasteiger partial charge on any atom is 0.305 e. The lowest BCUT2D eigenvalue weighted by Gasteiger charge is -2.40. The van der Waals surface area contributed by atoms with E-state index in [1.165, 1.54) is 47.5 Å². The minimum Gasteiger partial charge on any atom is -0.484 e. The van der Waals surface area contributed by atoms with E-state index >= 15 is 0 Å². The number of H-pyrrole nitrogens is 1. The number of benzene rings is 1. The summed E-state index contributed by atoms with van der Waals surface area (Å²) in [6.45, 7) is 1.82. The summed E-state index contributed by atoms with van der Waals surface area (Å²) >= 11 is 3.32. The highest BCUT2D eigenvalue weighted by atomic mass is 32.2. The molecule has 3 fully saturated rings. The van der Waals surface area contributed by atoms with Crippen molar-refractivity contribution in [1.29, 1.82) is 0 Å². The molecule has 0 spiro atoms. The van der Waals surface area contributed by atoms with E-state index in [1.54, 1.807) is 0 Å². The summed E-state index contributed by atoms with van der Waals surface area (Å²) in [4.78, 5) is 30.9. The number of fused-ring (bicyclic) bond motifs is 6. The van der Waals surface area contributed by atoms with Crippen LogP contribution >= 0.6 is 23.1 Å². The van der Waals surface area contributed by atoms with Crippen LogP contribution in [0.1, 0.15) is 54.9 Å². The number of hydrogen-bond acceptors (Lipinski definition) is 5. The second-order valence-electron chi connectivity index (χ2n) is 9.48. The van der Waals surface area contributed by atoms with Crippen molar-refractivity contribution in [3.05, 3.63) is 44.4 Å². The van der Waals surface area contributed by atoms with Crippen LogP contribution in [0.5, 0.6) is 5.75 Å². The van der Waals surface area contributed by atoms with E-state index in [1.807, 2.05) is 28.8 Å². The minimum absolute atomic E-state index is 0.0611. The highest BCUT2D eigenvalue weighted by Gasteiger charge is 2.54. The molecule has 1 amide bonds. The first-order valence-electron chi connectivity index (χ1n) is 11.6. The van der Waals surface area contributed by atoms with Crippen LogP contribution in [-0.2, 0) is 4.79 Å². The van der Waals surface area contributed by atoms with Crippen LogP contribution in [0.25, 0.3) is 0 Å². The van der Waals surface area contributed by atoms with Gasteiger partial charge in [-0.15, -0.1) is 11.8 Å². The Morgan fingerprint density at radius 3 is 2.68 bits per heavy atom. The van der Waals surface area contributed by atoms with Gasteiger partial charge >= 0.3 is 4.87 Å². The van der Waals surface area contributed by atoms with Crippen LogP contribution < -0.4 is 9.61 Å². The van der Waals surface area contributed by atoms with E-state index < -0.39 is 0 Å². The summed E-state index contributed by atoms with van der Waals surface area (Å²) in [5, 5.41) is 1.72. The van der Waals surface area contributed by atoms with Gasteiger partial charge in [-0.05, 0) is 74.0 Å². The van der Waals surface area contributed by atoms with E-state index in [0.29, 0.717) is 17.1 Å². The number of amides is 1. The molecule has 1 aromatic carbocycles. The van der Waals surface area contributed by atoms with Crippen LogP contribution in [-0.4, -0.2) is 40.7 Å². The Balaban J connectivity index is 1.21. The summed E-state index contributed by atoms with van der Waals surface area (Å²) in [5.74, 6) is 3.31. The first-order chi connectivity index (χ1) is 15.2. The smallest absolute Gasteiger partial charge is 0.305 e. The molecule has 0 radical (unpaired) electrons. The normalized spacial score (nSPS) is 31.4. The molecule has 1 saturated heterocycles. The summed E-state index contributed by atoms with van der Waals surface area (Å²) in [5.41, 5.74) is 1.27. The molecule has 3 heterocycles. The number of likely N-dealkylation sites (tertiary alicyclic amines) is 1. The zero-order valence-corrected chi connectivity index (χ0v) is 19.2. The monoisotopic (exact) mass is 456 g/mol. The zero-order valence-electron chi connectivity index (χ0n) is 17.5. The number of thioether (sulfide) groups is 1. The van der Waals surface area contributed by atoms with Gasteiger partial charge in [0.2, 0.25) is 0 Å². The topological polar surface area (TPSA) is 62.4 Å². The first kappa shape index (κ1) is 19.9. The molecule has 2 aliphatic carbocycles. The molecule has 2 aromatic rings. The number of piperidine rings is 1. The van der Waals surface area contributed by atoms with Gasteiger partial charge < -0.3 is 14.6 Å². The summed E-state index contributed by atoms with van der Waals surface area (Å²) in [7, 11) is 0. The Labute approximate surface area is 190 Å². The van der Waals surface area contributed by atoms with Crippen molar-refractivity contribution >= 4 is 29.0 Å². The fourth-order valence-corrected chi connectivity index (χ4v) is 9.27. The number of hydrogen-bond donors (Lipinski definition) is 1. The van der Waals surface area contributed by atoms with Crippen molar-refractivity contribution in [2.24, 2.45) is 17.8 Å². The van der Waals surface area contributed by atoms with Gasteiger partial charge in [0.15, 0.2) is 6.61 Å². The number of nitrogens with zero attached hydrogens (tertiary/aromatic N) is 1. The summed E-state index contributed by atoms with van der Waals surface area (Å²) in [6, 6.07) is 8.30. The molecular formula is C24H28N2O3S2. The van der Waals surface area contributed by atoms with Gasteiger partial charge in [-0.2, -0.15) is 0 Å². The molecule has 1 aromatic heterocycles. The summed E-state index contributed by atoms with van der Waals surface area (Å²) in [6.07, 6.45) is 7.42. The molecule has 31 heavy (non-hydrogen) atoms. The second kappa shape index (κ2) is 8.00. The molecule has 4 aliphatic rings. The third-order valence-electron chi connectivity index (χ3n) is 7.78. The molecule has 5 nitrogen and oxygen atoms in total. The lowest BCUT2D eigenvalue weighted by atomic mass is 9.75. The Hall–Kier alpha value is -1.73. The number of carbonyl (C=O) groups is 1. The van der Waals surface area contributed by atoms with Crippen molar-refractivity contribution in [1.82, 2.24) is 9.88 Å². The number of nitrogens with one attached hydrogen (secondary N) is 1. The number of carbonyl (C=O) groups excluding carboxylic acids is 1. The van der Waals surface area contributed by atoms with E-state index in [9.17, 15) is 9.59 Å². The van der Waals surface area contributed by atoms with Crippen molar-refractivity contribution in [3.63, 3.8) is 0 Å². The molecule has 1 N–H and O–H groups in total. The molecule has 6 rings (SSSR count). The number of thiazole rings is 1. The molecule has 164 valence electrons. The van der Waals surface area contributed by atoms with E-state index in [-0.39, 0.29) is 17.4 Å². The van der Waals surface area contributed by atoms with Crippen LogP contribution in [0.2, 0.25) is 0 Å². The van der Waals surface area contributed by atoms with Gasteiger partial charge in [-0.25, -0.2) is 0 Å². The third kappa shape index (κ3) is 3.54. The van der Waals surface area contributed by atoms with Gasteiger partial charge in [0.1, 0.15) is 5.75 Å². The zero-order chi connectivity index (χ0) is 20.9. The van der Waals surface area contributed by atoms with Gasteiger partial charge in [0.25, 0.3) is 5.91 Å². The Morgan fingerprint density at radius 2 is 1.87 bits per heavy atom. The van der Waals surface area contributed by atoms with Crippen LogP contribution in [0, 0.1) is 17.8 Å². The number of rotatable bonds is 4. The molecule has 7 heteroatoms. The van der Waals surface area contributed by atoms with E-state index in [2.05, 4.69) is 17.1 Å².